The van der Waals surface area contributed by atoms with Crippen molar-refractivity contribution in [3.8, 4) is 11.1 Å². The van der Waals surface area contributed by atoms with Crippen LogP contribution < -0.4 is 5.73 Å². The van der Waals surface area contributed by atoms with Gasteiger partial charge in [-0.1, -0.05) is 42.8 Å². The molecule has 0 bridgehead atoms. The average Bonchev–Trinajstić information content (AvgIpc) is 3.23. The zero-order chi connectivity index (χ0) is 24.6. The molecule has 0 spiro atoms. The van der Waals surface area contributed by atoms with Crippen LogP contribution in [-0.2, 0) is 15.3 Å². The van der Waals surface area contributed by atoms with Gasteiger partial charge in [0.1, 0.15) is 9.84 Å². The van der Waals surface area contributed by atoms with Crippen LogP contribution in [-0.4, -0.2) is 41.2 Å². The third-order valence-electron chi connectivity index (χ3n) is 7.10. The summed E-state index contributed by atoms with van der Waals surface area (Å²) in [5.74, 6) is 0.239. The monoisotopic (exact) mass is 488 g/mol. The molecule has 0 atom stereocenters. The molecule has 4 aromatic rings. The summed E-state index contributed by atoms with van der Waals surface area (Å²) in [7, 11) is -3.08. The highest BCUT2D eigenvalue weighted by Gasteiger charge is 2.42. The van der Waals surface area contributed by atoms with Gasteiger partial charge in [0.05, 0.1) is 11.3 Å². The summed E-state index contributed by atoms with van der Waals surface area (Å²) in [6.45, 7) is 0. The minimum atomic E-state index is -3.08. The smallest absolute Gasteiger partial charge is 0.219 e. The standard InChI is InChI=1S/C27H28N4O3S/c1-35(33,34)14-3-7-24(32)22-6-2-5-21-23(17-29-25(21)22)27(12-4-13-27)20-10-8-18(9-11-20)19-15-30-26(28)31-16-19/h2,5-6,8-11,15-17,29H,3-4,7,12-14H2,1H3,(H2,28,30,31). The number of carbonyl (C=O) groups is 1. The van der Waals surface area contributed by atoms with Gasteiger partial charge < -0.3 is 10.7 Å². The Labute approximate surface area is 204 Å². The van der Waals surface area contributed by atoms with Crippen LogP contribution in [0.2, 0.25) is 0 Å². The zero-order valence-electron chi connectivity index (χ0n) is 19.6. The van der Waals surface area contributed by atoms with Crippen LogP contribution >= 0.6 is 0 Å². The van der Waals surface area contributed by atoms with Crippen molar-refractivity contribution in [2.24, 2.45) is 0 Å². The number of Topliss-reactive ketones (excluding diaryl/α,β-unsaturated/α-hetero) is 1. The SMILES string of the molecule is CS(=O)(=O)CCCC(=O)c1cccc2c(C3(c4ccc(-c5cnc(N)nc5)cc4)CCC3)c[nH]c12. The molecule has 2 aromatic carbocycles. The fraction of sp³-hybridized carbons (Fsp3) is 0.296. The second-order valence-corrected chi connectivity index (χ2v) is 11.7. The number of hydrogen-bond acceptors (Lipinski definition) is 6. The number of aromatic nitrogens is 3. The van der Waals surface area contributed by atoms with Gasteiger partial charge in [0.15, 0.2) is 5.78 Å². The molecule has 0 saturated heterocycles. The lowest BCUT2D eigenvalue weighted by molar-refractivity contribution is 0.0983. The van der Waals surface area contributed by atoms with Crippen LogP contribution in [0.5, 0.6) is 0 Å². The van der Waals surface area contributed by atoms with E-state index in [1.807, 2.05) is 18.3 Å². The first-order chi connectivity index (χ1) is 16.8. The molecule has 1 fully saturated rings. The van der Waals surface area contributed by atoms with Gasteiger partial charge in [-0.3, -0.25) is 4.79 Å². The van der Waals surface area contributed by atoms with Crippen molar-refractivity contribution in [2.45, 2.75) is 37.5 Å². The van der Waals surface area contributed by atoms with Gasteiger partial charge in [-0.2, -0.15) is 0 Å². The quantitative estimate of drug-likeness (QED) is 0.348. The second kappa shape index (κ2) is 8.92. The Hall–Kier alpha value is -3.52. The van der Waals surface area contributed by atoms with Crippen molar-refractivity contribution in [1.82, 2.24) is 15.0 Å². The Morgan fingerprint density at radius 3 is 2.40 bits per heavy atom. The molecule has 35 heavy (non-hydrogen) atoms. The average molecular weight is 489 g/mol. The number of nitrogen functional groups attached to an aromatic ring is 1. The third-order valence-corrected chi connectivity index (χ3v) is 8.13. The fourth-order valence-electron chi connectivity index (χ4n) is 5.12. The van der Waals surface area contributed by atoms with Gasteiger partial charge in [-0.05, 0) is 42.0 Å². The number of sulfone groups is 1. The number of hydrogen-bond donors (Lipinski definition) is 2. The van der Waals surface area contributed by atoms with E-state index in [1.54, 1.807) is 12.4 Å². The number of nitrogens with two attached hydrogens (primary N) is 1. The molecule has 0 amide bonds. The molecule has 8 heteroatoms. The zero-order valence-corrected chi connectivity index (χ0v) is 20.4. The number of anilines is 1. The van der Waals surface area contributed by atoms with Crippen LogP contribution in [0.1, 0.15) is 53.6 Å². The Kier molecular flexibility index (Phi) is 5.92. The summed E-state index contributed by atoms with van der Waals surface area (Å²) < 4.78 is 22.9. The van der Waals surface area contributed by atoms with Gasteiger partial charge in [-0.15, -0.1) is 0 Å². The highest BCUT2D eigenvalue weighted by atomic mass is 32.2. The topological polar surface area (TPSA) is 119 Å². The Balaban J connectivity index is 1.45. The van der Waals surface area contributed by atoms with Crippen LogP contribution in [0.15, 0.2) is 61.1 Å². The maximum absolute atomic E-state index is 12.9. The van der Waals surface area contributed by atoms with E-state index < -0.39 is 9.84 Å². The van der Waals surface area contributed by atoms with Crippen molar-refractivity contribution < 1.29 is 13.2 Å². The van der Waals surface area contributed by atoms with Crippen molar-refractivity contribution >= 4 is 32.5 Å². The number of nitrogens with one attached hydrogen (secondary N) is 1. The number of nitrogens with zero attached hydrogens (tertiary/aromatic N) is 2. The van der Waals surface area contributed by atoms with Crippen LogP contribution in [0.25, 0.3) is 22.0 Å². The largest absolute Gasteiger partial charge is 0.368 e. The van der Waals surface area contributed by atoms with E-state index in [0.717, 1.165) is 41.3 Å². The van der Waals surface area contributed by atoms with Crippen molar-refractivity contribution in [3.05, 3.63) is 77.7 Å². The number of H-pyrrole nitrogens is 1. The molecule has 0 radical (unpaired) electrons. The van der Waals surface area contributed by atoms with E-state index in [2.05, 4.69) is 45.3 Å². The van der Waals surface area contributed by atoms with Gasteiger partial charge >= 0.3 is 0 Å². The molecule has 7 nitrogen and oxygen atoms in total. The van der Waals surface area contributed by atoms with E-state index in [0.29, 0.717) is 12.0 Å². The lowest BCUT2D eigenvalue weighted by Gasteiger charge is -2.43. The van der Waals surface area contributed by atoms with Crippen molar-refractivity contribution in [2.75, 3.05) is 17.7 Å². The second-order valence-electron chi connectivity index (χ2n) is 9.43. The summed E-state index contributed by atoms with van der Waals surface area (Å²) in [4.78, 5) is 24.5. The van der Waals surface area contributed by atoms with E-state index in [4.69, 9.17) is 5.73 Å². The normalized spacial score (nSPS) is 15.1. The Morgan fingerprint density at radius 2 is 1.77 bits per heavy atom. The molecule has 180 valence electrons. The molecule has 5 rings (SSSR count). The van der Waals surface area contributed by atoms with Crippen LogP contribution in [0.3, 0.4) is 0 Å². The minimum absolute atomic E-state index is 0.0201. The number of fused-ring (bicyclic) bond motifs is 1. The van der Waals surface area contributed by atoms with Crippen LogP contribution in [0, 0.1) is 0 Å². The summed E-state index contributed by atoms with van der Waals surface area (Å²) in [6.07, 6.45) is 10.5. The predicted molar refractivity (Wildman–Crippen MR) is 138 cm³/mol. The molecule has 2 heterocycles. The van der Waals surface area contributed by atoms with Gasteiger partial charge in [-0.25, -0.2) is 18.4 Å². The Bertz CT molecular complexity index is 1490. The summed E-state index contributed by atoms with van der Waals surface area (Å²) in [5.41, 5.74) is 11.3. The number of benzene rings is 2. The van der Waals surface area contributed by atoms with Gasteiger partial charge in [0.25, 0.3) is 0 Å². The van der Waals surface area contributed by atoms with E-state index in [9.17, 15) is 13.2 Å². The predicted octanol–water partition coefficient (Wildman–Crippen LogP) is 4.68. The first-order valence-electron chi connectivity index (χ1n) is 11.8. The lowest BCUT2D eigenvalue weighted by Crippen LogP contribution is -2.35. The molecule has 1 saturated carbocycles. The van der Waals surface area contributed by atoms with Gasteiger partial charge in [0, 0.05) is 53.2 Å². The maximum atomic E-state index is 12.9. The first-order valence-corrected chi connectivity index (χ1v) is 13.8. The highest BCUT2D eigenvalue weighted by molar-refractivity contribution is 7.90. The van der Waals surface area contributed by atoms with Gasteiger partial charge in [0.2, 0.25) is 5.95 Å². The molecule has 1 aliphatic carbocycles. The molecule has 0 unspecified atom stereocenters. The summed E-state index contributed by atoms with van der Waals surface area (Å²) in [6, 6.07) is 14.3. The summed E-state index contributed by atoms with van der Waals surface area (Å²) >= 11 is 0. The third kappa shape index (κ3) is 4.46. The number of rotatable bonds is 8. The molecule has 2 aromatic heterocycles. The highest BCUT2D eigenvalue weighted by Crippen LogP contribution is 2.51. The van der Waals surface area contributed by atoms with Crippen molar-refractivity contribution in [3.63, 3.8) is 0 Å². The molecular weight excluding hydrogens is 460 g/mol. The molecular formula is C27H28N4O3S. The first kappa shape index (κ1) is 23.2. The van der Waals surface area contributed by atoms with Crippen molar-refractivity contribution in [1.29, 1.82) is 0 Å². The summed E-state index contributed by atoms with van der Waals surface area (Å²) in [5, 5.41) is 1.05. The van der Waals surface area contributed by atoms with Crippen LogP contribution in [0.4, 0.5) is 5.95 Å². The number of carbonyl (C=O) groups excluding carboxylic acids is 1. The number of aromatic amines is 1. The molecule has 0 aliphatic heterocycles. The van der Waals surface area contributed by atoms with E-state index in [1.165, 1.54) is 17.4 Å². The lowest BCUT2D eigenvalue weighted by atomic mass is 9.60. The van der Waals surface area contributed by atoms with E-state index in [-0.39, 0.29) is 29.3 Å². The fourth-order valence-corrected chi connectivity index (χ4v) is 5.79. The maximum Gasteiger partial charge on any atom is 0.219 e. The Morgan fingerprint density at radius 1 is 1.06 bits per heavy atom. The molecule has 3 N–H and O–H groups in total. The minimum Gasteiger partial charge on any atom is -0.368 e. The number of ketones is 1. The van der Waals surface area contributed by atoms with E-state index >= 15 is 0 Å². The molecule has 1 aliphatic rings. The number of para-hydroxylation sites is 1.